The first-order valence-corrected chi connectivity index (χ1v) is 7.93. The van der Waals surface area contributed by atoms with E-state index in [0.717, 1.165) is 11.3 Å². The van der Waals surface area contributed by atoms with Crippen LogP contribution in [0.1, 0.15) is 5.69 Å². The maximum Gasteiger partial charge on any atom is 0.239 e. The lowest BCUT2D eigenvalue weighted by atomic mass is 10.2. The summed E-state index contributed by atoms with van der Waals surface area (Å²) in [5.74, 6) is 0.941. The fraction of sp³-hybridized carbons (Fsp3) is 0.353. The average molecular weight is 473 g/mol. The van der Waals surface area contributed by atoms with E-state index in [1.54, 1.807) is 20.4 Å². The number of hydrogen-bond donors (Lipinski definition) is 3. The molecule has 1 amide bonds. The molecule has 3 N–H and O–H groups in total. The largest absolute Gasteiger partial charge is 0.444 e. The summed E-state index contributed by atoms with van der Waals surface area (Å²) in [6, 6.07) is 9.68. The Kier molecular flexibility index (Phi) is 10.3. The predicted octanol–water partition coefficient (Wildman–Crippen LogP) is 1.39. The summed E-state index contributed by atoms with van der Waals surface area (Å²) in [7, 11) is 3.22. The summed E-state index contributed by atoms with van der Waals surface area (Å²) in [6.07, 6.45) is 1.60. The molecular weight excluding hydrogens is 449 g/mol. The van der Waals surface area contributed by atoms with Crippen LogP contribution in [-0.4, -0.2) is 50.7 Å². The van der Waals surface area contributed by atoms with Crippen LogP contribution in [0, 0.1) is 0 Å². The van der Waals surface area contributed by atoms with Gasteiger partial charge in [0.15, 0.2) is 5.96 Å². The Hall–Kier alpha value is -2.14. The maximum atomic E-state index is 11.6. The van der Waals surface area contributed by atoms with E-state index < -0.39 is 0 Å². The second-order valence-electron chi connectivity index (χ2n) is 5.13. The fourth-order valence-electron chi connectivity index (χ4n) is 2.02. The minimum Gasteiger partial charge on any atom is -0.444 e. The van der Waals surface area contributed by atoms with Gasteiger partial charge in [0.2, 0.25) is 11.8 Å². The molecule has 1 aromatic heterocycles. The highest BCUT2D eigenvalue weighted by atomic mass is 127. The smallest absolute Gasteiger partial charge is 0.239 e. The molecule has 0 spiro atoms. The molecule has 0 radical (unpaired) electrons. The number of nitrogens with one attached hydrogen (secondary N) is 3. The van der Waals surface area contributed by atoms with Gasteiger partial charge in [0.05, 0.1) is 25.4 Å². The molecule has 0 unspecified atom stereocenters. The van der Waals surface area contributed by atoms with Gasteiger partial charge in [0, 0.05) is 26.3 Å². The third kappa shape index (κ3) is 7.40. The second-order valence-corrected chi connectivity index (χ2v) is 5.13. The Morgan fingerprint density at radius 2 is 2.00 bits per heavy atom. The first kappa shape index (κ1) is 21.9. The minimum atomic E-state index is -0.132. The number of hydrogen-bond acceptors (Lipinski definition) is 5. The SMILES string of the molecule is CN=C(NCC(=O)NCCOC)NCc1coc(-c2ccccc2)n1.I. The summed E-state index contributed by atoms with van der Waals surface area (Å²) in [5, 5.41) is 8.74. The van der Waals surface area contributed by atoms with Crippen molar-refractivity contribution in [2.75, 3.05) is 33.9 Å². The van der Waals surface area contributed by atoms with E-state index in [-0.39, 0.29) is 36.4 Å². The number of guanidine groups is 1. The minimum absolute atomic E-state index is 0. The monoisotopic (exact) mass is 473 g/mol. The van der Waals surface area contributed by atoms with E-state index in [1.165, 1.54) is 0 Å². The van der Waals surface area contributed by atoms with Crippen LogP contribution in [0.3, 0.4) is 0 Å². The van der Waals surface area contributed by atoms with Crippen LogP contribution in [0.25, 0.3) is 11.5 Å². The van der Waals surface area contributed by atoms with Gasteiger partial charge in [-0.3, -0.25) is 9.79 Å². The van der Waals surface area contributed by atoms with Crippen LogP contribution in [-0.2, 0) is 16.1 Å². The van der Waals surface area contributed by atoms with E-state index >= 15 is 0 Å². The molecule has 0 bridgehead atoms. The highest BCUT2D eigenvalue weighted by Crippen LogP contribution is 2.17. The quantitative estimate of drug-likeness (QED) is 0.232. The first-order chi connectivity index (χ1) is 12.2. The summed E-state index contributed by atoms with van der Waals surface area (Å²) in [6.45, 7) is 1.51. The number of halogens is 1. The topological polar surface area (TPSA) is 101 Å². The van der Waals surface area contributed by atoms with Crippen LogP contribution < -0.4 is 16.0 Å². The third-order valence-corrected chi connectivity index (χ3v) is 3.28. The van der Waals surface area contributed by atoms with Crippen molar-refractivity contribution in [2.24, 2.45) is 4.99 Å². The van der Waals surface area contributed by atoms with Gasteiger partial charge in [-0.25, -0.2) is 4.98 Å². The predicted molar refractivity (Wildman–Crippen MR) is 110 cm³/mol. The lowest BCUT2D eigenvalue weighted by Gasteiger charge is -2.10. The van der Waals surface area contributed by atoms with Gasteiger partial charge in [-0.15, -0.1) is 24.0 Å². The fourth-order valence-corrected chi connectivity index (χ4v) is 2.02. The van der Waals surface area contributed by atoms with Crippen LogP contribution in [0.15, 0.2) is 46.0 Å². The number of carbonyl (C=O) groups is 1. The molecule has 0 atom stereocenters. The summed E-state index contributed by atoms with van der Waals surface area (Å²) in [4.78, 5) is 20.1. The number of amides is 1. The Labute approximate surface area is 169 Å². The van der Waals surface area contributed by atoms with Crippen LogP contribution in [0.4, 0.5) is 0 Å². The van der Waals surface area contributed by atoms with E-state index in [1.807, 2.05) is 30.3 Å². The Balaban J connectivity index is 0.00000338. The Morgan fingerprint density at radius 1 is 1.23 bits per heavy atom. The molecule has 0 saturated heterocycles. The van der Waals surface area contributed by atoms with E-state index in [0.29, 0.717) is 31.5 Å². The van der Waals surface area contributed by atoms with Crippen molar-refractivity contribution in [3.05, 3.63) is 42.3 Å². The maximum absolute atomic E-state index is 11.6. The zero-order chi connectivity index (χ0) is 17.9. The van der Waals surface area contributed by atoms with Crippen LogP contribution in [0.5, 0.6) is 0 Å². The normalized spacial score (nSPS) is 10.8. The van der Waals surface area contributed by atoms with Gasteiger partial charge in [-0.05, 0) is 12.1 Å². The molecule has 142 valence electrons. The standard InChI is InChI=1S/C17H23N5O3.HI/c1-18-17(21-11-15(23)19-8-9-24-2)20-10-14-12-25-16(22-14)13-6-4-3-5-7-13;/h3-7,12H,8-11H2,1-2H3,(H,19,23)(H2,18,20,21);1H. The number of aromatic nitrogens is 1. The van der Waals surface area contributed by atoms with Gasteiger partial charge in [0.1, 0.15) is 6.26 Å². The molecule has 9 heteroatoms. The number of benzene rings is 1. The van der Waals surface area contributed by atoms with Gasteiger partial charge >= 0.3 is 0 Å². The second kappa shape index (κ2) is 12.3. The molecule has 0 aliphatic carbocycles. The van der Waals surface area contributed by atoms with Crippen molar-refractivity contribution in [1.82, 2.24) is 20.9 Å². The summed E-state index contributed by atoms with van der Waals surface area (Å²) in [5.41, 5.74) is 1.66. The van der Waals surface area contributed by atoms with Crippen molar-refractivity contribution in [2.45, 2.75) is 6.54 Å². The Bertz CT molecular complexity index is 691. The van der Waals surface area contributed by atoms with Crippen LogP contribution in [0.2, 0.25) is 0 Å². The molecular formula is C17H24IN5O3. The number of nitrogens with zero attached hydrogens (tertiary/aromatic N) is 2. The number of methoxy groups -OCH3 is 1. The molecule has 0 saturated carbocycles. The molecule has 1 heterocycles. The van der Waals surface area contributed by atoms with Crippen LogP contribution >= 0.6 is 24.0 Å². The van der Waals surface area contributed by atoms with Gasteiger partial charge in [-0.1, -0.05) is 18.2 Å². The van der Waals surface area contributed by atoms with E-state index in [9.17, 15) is 4.79 Å². The van der Waals surface area contributed by atoms with Gasteiger partial charge in [0.25, 0.3) is 0 Å². The number of aliphatic imine (C=N–C) groups is 1. The third-order valence-electron chi connectivity index (χ3n) is 3.28. The van der Waals surface area contributed by atoms with E-state index in [2.05, 4.69) is 25.9 Å². The highest BCUT2D eigenvalue weighted by Gasteiger charge is 2.07. The molecule has 26 heavy (non-hydrogen) atoms. The van der Waals surface area contributed by atoms with Crippen molar-refractivity contribution in [3.8, 4) is 11.5 Å². The summed E-state index contributed by atoms with van der Waals surface area (Å²) >= 11 is 0. The highest BCUT2D eigenvalue weighted by molar-refractivity contribution is 14.0. The average Bonchev–Trinajstić information content (AvgIpc) is 3.12. The number of oxazole rings is 1. The summed E-state index contributed by atoms with van der Waals surface area (Å²) < 4.78 is 10.4. The number of carbonyl (C=O) groups excluding carboxylic acids is 1. The lowest BCUT2D eigenvalue weighted by Crippen LogP contribution is -2.43. The number of rotatable bonds is 8. The van der Waals surface area contributed by atoms with Crippen molar-refractivity contribution in [3.63, 3.8) is 0 Å². The zero-order valence-electron chi connectivity index (χ0n) is 14.8. The molecule has 8 nitrogen and oxygen atoms in total. The van der Waals surface area contributed by atoms with Crippen molar-refractivity contribution in [1.29, 1.82) is 0 Å². The molecule has 0 aliphatic rings. The van der Waals surface area contributed by atoms with E-state index in [4.69, 9.17) is 9.15 Å². The Morgan fingerprint density at radius 3 is 2.69 bits per heavy atom. The van der Waals surface area contributed by atoms with Gasteiger partial charge in [-0.2, -0.15) is 0 Å². The molecule has 2 aromatic rings. The lowest BCUT2D eigenvalue weighted by molar-refractivity contribution is -0.120. The molecule has 0 aliphatic heterocycles. The molecule has 2 rings (SSSR count). The molecule has 1 aromatic carbocycles. The van der Waals surface area contributed by atoms with Crippen molar-refractivity contribution < 1.29 is 13.9 Å². The zero-order valence-corrected chi connectivity index (χ0v) is 17.2. The van der Waals surface area contributed by atoms with Gasteiger partial charge < -0.3 is 25.1 Å². The number of ether oxygens (including phenoxy) is 1. The van der Waals surface area contributed by atoms with Crippen molar-refractivity contribution >= 4 is 35.8 Å². The first-order valence-electron chi connectivity index (χ1n) is 7.93. The molecule has 0 fully saturated rings.